The molecule has 0 amide bonds. The lowest BCUT2D eigenvalue weighted by Gasteiger charge is -2.08. The van der Waals surface area contributed by atoms with Gasteiger partial charge in [-0.05, 0) is 24.9 Å². The molecule has 2 rings (SSSR count). The first kappa shape index (κ1) is 9.34. The van der Waals surface area contributed by atoms with Crippen LogP contribution in [0.25, 0.3) is 0 Å². The Kier molecular flexibility index (Phi) is 2.33. The summed E-state index contributed by atoms with van der Waals surface area (Å²) in [4.78, 5) is 11.5. The highest BCUT2D eigenvalue weighted by molar-refractivity contribution is 6.01. The van der Waals surface area contributed by atoms with Gasteiger partial charge in [-0.25, -0.2) is 4.39 Å². The molecular formula is C11H12FNO. The summed E-state index contributed by atoms with van der Waals surface area (Å²) >= 11 is 0. The number of carbonyl (C=O) groups is 1. The van der Waals surface area contributed by atoms with Crippen molar-refractivity contribution in [2.45, 2.75) is 18.8 Å². The molecule has 0 spiro atoms. The van der Waals surface area contributed by atoms with Crippen molar-refractivity contribution < 1.29 is 9.18 Å². The Morgan fingerprint density at radius 1 is 1.50 bits per heavy atom. The number of ketones is 1. The van der Waals surface area contributed by atoms with Crippen LogP contribution in [0.2, 0.25) is 0 Å². The highest BCUT2D eigenvalue weighted by Gasteiger charge is 2.30. The summed E-state index contributed by atoms with van der Waals surface area (Å²) in [6.45, 7) is 0.492. The summed E-state index contributed by atoms with van der Waals surface area (Å²) in [6.07, 6.45) is 1.09. The molecule has 0 fully saturated rings. The van der Waals surface area contributed by atoms with Crippen molar-refractivity contribution in [3.05, 3.63) is 35.1 Å². The van der Waals surface area contributed by atoms with Gasteiger partial charge in [-0.15, -0.1) is 0 Å². The number of hydrogen-bond donors (Lipinski definition) is 1. The van der Waals surface area contributed by atoms with Gasteiger partial charge in [-0.3, -0.25) is 4.79 Å². The van der Waals surface area contributed by atoms with E-state index < -0.39 is 0 Å². The molecule has 0 radical (unpaired) electrons. The molecule has 1 aromatic rings. The number of carbonyl (C=O) groups excluding carboxylic acids is 1. The third kappa shape index (κ3) is 1.34. The third-order valence-electron chi connectivity index (χ3n) is 2.71. The van der Waals surface area contributed by atoms with E-state index in [1.807, 2.05) is 0 Å². The van der Waals surface area contributed by atoms with E-state index in [4.69, 9.17) is 5.73 Å². The molecule has 74 valence electrons. The Bertz CT molecular complexity index is 376. The quantitative estimate of drug-likeness (QED) is 0.778. The third-order valence-corrected chi connectivity index (χ3v) is 2.71. The summed E-state index contributed by atoms with van der Waals surface area (Å²) < 4.78 is 13.4. The number of Topliss-reactive ketones (excluding diaryl/α,β-unsaturated/α-hetero) is 1. The molecule has 2 nitrogen and oxygen atoms in total. The van der Waals surface area contributed by atoms with Crippen LogP contribution < -0.4 is 5.73 Å². The highest BCUT2D eigenvalue weighted by atomic mass is 19.1. The Balaban J connectivity index is 2.45. The van der Waals surface area contributed by atoms with Gasteiger partial charge in [0.25, 0.3) is 0 Å². The van der Waals surface area contributed by atoms with E-state index in [0.717, 1.165) is 0 Å². The fourth-order valence-corrected chi connectivity index (χ4v) is 2.08. The largest absolute Gasteiger partial charge is 0.330 e. The SMILES string of the molecule is NCCC1CC(=O)c2cccc(F)c21. The molecule has 1 aliphatic carbocycles. The van der Waals surface area contributed by atoms with E-state index >= 15 is 0 Å². The molecule has 0 aromatic heterocycles. The molecule has 1 aromatic carbocycles. The summed E-state index contributed by atoms with van der Waals surface area (Å²) in [7, 11) is 0. The van der Waals surface area contributed by atoms with Crippen LogP contribution in [0.4, 0.5) is 4.39 Å². The van der Waals surface area contributed by atoms with Crippen molar-refractivity contribution in [3.63, 3.8) is 0 Å². The van der Waals surface area contributed by atoms with Gasteiger partial charge in [0.2, 0.25) is 0 Å². The van der Waals surface area contributed by atoms with Crippen LogP contribution in [0.3, 0.4) is 0 Å². The molecule has 0 bridgehead atoms. The Morgan fingerprint density at radius 3 is 3.00 bits per heavy atom. The van der Waals surface area contributed by atoms with Crippen molar-refractivity contribution in [1.29, 1.82) is 0 Å². The van der Waals surface area contributed by atoms with Crippen molar-refractivity contribution in [2.24, 2.45) is 5.73 Å². The van der Waals surface area contributed by atoms with E-state index in [1.54, 1.807) is 12.1 Å². The second kappa shape index (κ2) is 3.50. The predicted octanol–water partition coefficient (Wildman–Crippen LogP) is 1.84. The van der Waals surface area contributed by atoms with Crippen molar-refractivity contribution in [1.82, 2.24) is 0 Å². The number of rotatable bonds is 2. The average Bonchev–Trinajstić information content (AvgIpc) is 2.46. The molecule has 1 aliphatic rings. The van der Waals surface area contributed by atoms with Crippen molar-refractivity contribution in [2.75, 3.05) is 6.54 Å². The van der Waals surface area contributed by atoms with Crippen molar-refractivity contribution in [3.8, 4) is 0 Å². The molecule has 0 aliphatic heterocycles. The van der Waals surface area contributed by atoms with Gasteiger partial charge in [0.05, 0.1) is 0 Å². The first-order valence-corrected chi connectivity index (χ1v) is 4.75. The number of hydrogen-bond acceptors (Lipinski definition) is 2. The molecule has 1 unspecified atom stereocenters. The van der Waals surface area contributed by atoms with Gasteiger partial charge in [0.15, 0.2) is 5.78 Å². The van der Waals surface area contributed by atoms with E-state index in [1.165, 1.54) is 6.07 Å². The second-order valence-electron chi connectivity index (χ2n) is 3.60. The fraction of sp³-hybridized carbons (Fsp3) is 0.364. The molecule has 0 heterocycles. The zero-order valence-corrected chi connectivity index (χ0v) is 7.79. The average molecular weight is 193 g/mol. The monoisotopic (exact) mass is 193 g/mol. The van der Waals surface area contributed by atoms with Gasteiger partial charge in [0.1, 0.15) is 5.82 Å². The Morgan fingerprint density at radius 2 is 2.29 bits per heavy atom. The molecule has 14 heavy (non-hydrogen) atoms. The lowest BCUT2D eigenvalue weighted by Crippen LogP contribution is -2.06. The van der Waals surface area contributed by atoms with Crippen LogP contribution in [-0.2, 0) is 0 Å². The summed E-state index contributed by atoms with van der Waals surface area (Å²) in [5.41, 5.74) is 6.54. The summed E-state index contributed by atoms with van der Waals surface area (Å²) in [5, 5.41) is 0. The molecular weight excluding hydrogens is 181 g/mol. The van der Waals surface area contributed by atoms with Gasteiger partial charge < -0.3 is 5.73 Å². The summed E-state index contributed by atoms with van der Waals surface area (Å²) in [6, 6.07) is 4.68. The fourth-order valence-electron chi connectivity index (χ4n) is 2.08. The first-order chi connectivity index (χ1) is 6.74. The number of benzene rings is 1. The lowest BCUT2D eigenvalue weighted by atomic mass is 9.97. The number of nitrogens with two attached hydrogens (primary N) is 1. The van der Waals surface area contributed by atoms with Gasteiger partial charge in [0, 0.05) is 17.5 Å². The molecule has 0 saturated carbocycles. The molecule has 2 N–H and O–H groups in total. The maximum Gasteiger partial charge on any atom is 0.163 e. The zero-order valence-electron chi connectivity index (χ0n) is 7.79. The summed E-state index contributed by atoms with van der Waals surface area (Å²) in [5.74, 6) is -0.242. The Labute approximate surface area is 81.9 Å². The molecule has 3 heteroatoms. The molecule has 1 atom stereocenters. The van der Waals surface area contributed by atoms with Crippen LogP contribution in [0, 0.1) is 5.82 Å². The van der Waals surface area contributed by atoms with E-state index in [2.05, 4.69) is 0 Å². The first-order valence-electron chi connectivity index (χ1n) is 4.75. The molecule has 0 saturated heterocycles. The maximum absolute atomic E-state index is 13.4. The predicted molar refractivity (Wildman–Crippen MR) is 51.8 cm³/mol. The highest BCUT2D eigenvalue weighted by Crippen LogP contribution is 2.36. The Hall–Kier alpha value is -1.22. The number of fused-ring (bicyclic) bond motifs is 1. The van der Waals surface area contributed by atoms with Gasteiger partial charge in [-0.2, -0.15) is 0 Å². The van der Waals surface area contributed by atoms with E-state index in [-0.39, 0.29) is 17.5 Å². The maximum atomic E-state index is 13.4. The minimum atomic E-state index is -0.271. The zero-order chi connectivity index (χ0) is 10.1. The minimum Gasteiger partial charge on any atom is -0.330 e. The van der Waals surface area contributed by atoms with Crippen LogP contribution >= 0.6 is 0 Å². The lowest BCUT2D eigenvalue weighted by molar-refractivity contribution is 0.0988. The standard InChI is InChI=1S/C11H12FNO/c12-9-3-1-2-8-10(14)6-7(4-5-13)11(8)9/h1-3,7H,4-6,13H2. The van der Waals surface area contributed by atoms with Crippen LogP contribution in [0.1, 0.15) is 34.7 Å². The minimum absolute atomic E-state index is 0.0105. The normalized spacial score (nSPS) is 19.9. The van der Waals surface area contributed by atoms with E-state index in [9.17, 15) is 9.18 Å². The van der Waals surface area contributed by atoms with Crippen LogP contribution in [0.15, 0.2) is 18.2 Å². The topological polar surface area (TPSA) is 43.1 Å². The smallest absolute Gasteiger partial charge is 0.163 e. The number of halogens is 1. The van der Waals surface area contributed by atoms with Gasteiger partial charge in [-0.1, -0.05) is 12.1 Å². The van der Waals surface area contributed by atoms with Crippen LogP contribution in [-0.4, -0.2) is 12.3 Å². The van der Waals surface area contributed by atoms with Gasteiger partial charge >= 0.3 is 0 Å². The van der Waals surface area contributed by atoms with Crippen LogP contribution in [0.5, 0.6) is 0 Å². The van der Waals surface area contributed by atoms with Crippen molar-refractivity contribution >= 4 is 5.78 Å². The second-order valence-corrected chi connectivity index (χ2v) is 3.60. The van der Waals surface area contributed by atoms with E-state index in [0.29, 0.717) is 30.5 Å².